The summed E-state index contributed by atoms with van der Waals surface area (Å²) in [5, 5.41) is 11.8. The maximum atomic E-state index is 11.6. The van der Waals surface area contributed by atoms with Crippen molar-refractivity contribution in [3.05, 3.63) is 0 Å². The van der Waals surface area contributed by atoms with Crippen molar-refractivity contribution in [2.24, 2.45) is 0 Å². The van der Waals surface area contributed by atoms with Crippen LogP contribution in [0.5, 0.6) is 0 Å². The monoisotopic (exact) mass is 261 g/mol. The Morgan fingerprint density at radius 1 is 1.35 bits per heavy atom. The first-order chi connectivity index (χ1) is 7.96. The summed E-state index contributed by atoms with van der Waals surface area (Å²) in [6.07, 6.45) is 5.66. The number of carboxylic acids is 1. The number of hydrogen-bond acceptors (Lipinski definition) is 3. The Bertz CT molecular complexity index is 258. The van der Waals surface area contributed by atoms with Gasteiger partial charge < -0.3 is 10.4 Å². The second kappa shape index (κ2) is 8.39. The van der Waals surface area contributed by atoms with Gasteiger partial charge in [0, 0.05) is 6.42 Å². The Kier molecular flexibility index (Phi) is 8.04. The van der Waals surface area contributed by atoms with Crippen LogP contribution in [0.15, 0.2) is 0 Å². The average molecular weight is 261 g/mol. The second-order valence-electron chi connectivity index (χ2n) is 4.39. The van der Waals surface area contributed by atoms with Crippen LogP contribution in [0.3, 0.4) is 0 Å². The molecule has 100 valence electrons. The van der Waals surface area contributed by atoms with Crippen molar-refractivity contribution >= 4 is 23.6 Å². The lowest BCUT2D eigenvalue weighted by atomic mass is 9.98. The largest absolute Gasteiger partial charge is 0.480 e. The van der Waals surface area contributed by atoms with E-state index >= 15 is 0 Å². The van der Waals surface area contributed by atoms with Gasteiger partial charge in [0.25, 0.3) is 0 Å². The number of carbonyl (C=O) groups is 2. The molecule has 0 fully saturated rings. The molecule has 0 aromatic heterocycles. The first kappa shape index (κ1) is 16.3. The summed E-state index contributed by atoms with van der Waals surface area (Å²) in [4.78, 5) is 22.8. The van der Waals surface area contributed by atoms with Crippen LogP contribution in [0, 0.1) is 0 Å². The van der Waals surface area contributed by atoms with Crippen LogP contribution in [-0.4, -0.2) is 34.5 Å². The molecule has 0 heterocycles. The summed E-state index contributed by atoms with van der Waals surface area (Å²) >= 11 is 1.58. The van der Waals surface area contributed by atoms with E-state index in [2.05, 4.69) is 12.2 Å². The van der Waals surface area contributed by atoms with Gasteiger partial charge in [0.2, 0.25) is 5.91 Å². The summed E-state index contributed by atoms with van der Waals surface area (Å²) in [7, 11) is 0. The Morgan fingerprint density at radius 3 is 2.47 bits per heavy atom. The zero-order valence-electron chi connectivity index (χ0n) is 10.9. The SMILES string of the molecule is CCCCCC(=O)NC(C)(CCSC)C(=O)O. The molecule has 17 heavy (non-hydrogen) atoms. The highest BCUT2D eigenvalue weighted by Crippen LogP contribution is 2.14. The van der Waals surface area contributed by atoms with Crippen LogP contribution in [0.2, 0.25) is 0 Å². The predicted octanol–water partition coefficient (Wildman–Crippen LogP) is 2.28. The first-order valence-corrected chi connectivity index (χ1v) is 7.39. The van der Waals surface area contributed by atoms with E-state index in [-0.39, 0.29) is 5.91 Å². The zero-order valence-corrected chi connectivity index (χ0v) is 11.7. The molecule has 0 rings (SSSR count). The molecule has 1 amide bonds. The normalized spacial score (nSPS) is 14.1. The molecule has 0 spiro atoms. The number of carboxylic acid groups (broad SMARTS) is 1. The number of aliphatic carboxylic acids is 1. The number of amides is 1. The number of rotatable bonds is 9. The molecular formula is C12H23NO3S. The minimum atomic E-state index is -1.13. The molecule has 0 aliphatic rings. The third-order valence-electron chi connectivity index (χ3n) is 2.70. The zero-order chi connectivity index (χ0) is 13.3. The number of unbranched alkanes of at least 4 members (excludes halogenated alkanes) is 2. The van der Waals surface area contributed by atoms with E-state index in [0.717, 1.165) is 25.0 Å². The van der Waals surface area contributed by atoms with Gasteiger partial charge in [-0.25, -0.2) is 4.79 Å². The smallest absolute Gasteiger partial charge is 0.329 e. The fraction of sp³-hybridized carbons (Fsp3) is 0.833. The summed E-state index contributed by atoms with van der Waals surface area (Å²) in [5.41, 5.74) is -1.13. The Hall–Kier alpha value is -0.710. The van der Waals surface area contributed by atoms with Gasteiger partial charge in [-0.3, -0.25) is 4.79 Å². The van der Waals surface area contributed by atoms with E-state index in [9.17, 15) is 9.59 Å². The minimum absolute atomic E-state index is 0.163. The van der Waals surface area contributed by atoms with Crippen molar-refractivity contribution < 1.29 is 14.7 Å². The minimum Gasteiger partial charge on any atom is -0.480 e. The van der Waals surface area contributed by atoms with Crippen LogP contribution in [0.4, 0.5) is 0 Å². The van der Waals surface area contributed by atoms with Crippen molar-refractivity contribution in [3.8, 4) is 0 Å². The summed E-state index contributed by atoms with van der Waals surface area (Å²) < 4.78 is 0. The number of hydrogen-bond donors (Lipinski definition) is 2. The molecule has 0 aliphatic heterocycles. The molecule has 0 radical (unpaired) electrons. The molecule has 0 aliphatic carbocycles. The highest BCUT2D eigenvalue weighted by Gasteiger charge is 2.33. The molecule has 1 atom stereocenters. The standard InChI is InChI=1S/C12H23NO3S/c1-4-5-6-7-10(14)13-12(2,11(15)16)8-9-17-3/h4-9H2,1-3H3,(H,13,14)(H,15,16). The Balaban J connectivity index is 4.23. The fourth-order valence-electron chi connectivity index (χ4n) is 1.43. The van der Waals surface area contributed by atoms with E-state index in [4.69, 9.17) is 5.11 Å². The Morgan fingerprint density at radius 2 is 2.00 bits per heavy atom. The van der Waals surface area contributed by atoms with E-state index in [1.54, 1.807) is 18.7 Å². The number of thioether (sulfide) groups is 1. The Labute approximate surface area is 108 Å². The van der Waals surface area contributed by atoms with Crippen LogP contribution >= 0.6 is 11.8 Å². The van der Waals surface area contributed by atoms with E-state index in [1.165, 1.54) is 0 Å². The van der Waals surface area contributed by atoms with Crippen LogP contribution in [0.1, 0.15) is 46.0 Å². The van der Waals surface area contributed by atoms with Gasteiger partial charge in [0.05, 0.1) is 0 Å². The molecular weight excluding hydrogens is 238 g/mol. The maximum Gasteiger partial charge on any atom is 0.329 e. The maximum absolute atomic E-state index is 11.6. The predicted molar refractivity (Wildman–Crippen MR) is 71.3 cm³/mol. The molecule has 5 heteroatoms. The van der Waals surface area contributed by atoms with Crippen LogP contribution < -0.4 is 5.32 Å². The van der Waals surface area contributed by atoms with Crippen molar-refractivity contribution in [2.75, 3.05) is 12.0 Å². The van der Waals surface area contributed by atoms with E-state index < -0.39 is 11.5 Å². The van der Waals surface area contributed by atoms with Crippen molar-refractivity contribution in [1.82, 2.24) is 5.32 Å². The van der Waals surface area contributed by atoms with Crippen LogP contribution in [0.25, 0.3) is 0 Å². The summed E-state index contributed by atoms with van der Waals surface area (Å²) in [6.45, 7) is 3.64. The van der Waals surface area contributed by atoms with Gasteiger partial charge in [-0.1, -0.05) is 19.8 Å². The molecule has 1 unspecified atom stereocenters. The van der Waals surface area contributed by atoms with Gasteiger partial charge in [-0.2, -0.15) is 11.8 Å². The summed E-state index contributed by atoms with van der Waals surface area (Å²) in [6, 6.07) is 0. The lowest BCUT2D eigenvalue weighted by Gasteiger charge is -2.26. The third kappa shape index (κ3) is 6.56. The molecule has 0 saturated carbocycles. The van der Waals surface area contributed by atoms with Gasteiger partial charge in [0.15, 0.2) is 0 Å². The quantitative estimate of drug-likeness (QED) is 0.625. The van der Waals surface area contributed by atoms with Crippen molar-refractivity contribution in [1.29, 1.82) is 0 Å². The topological polar surface area (TPSA) is 66.4 Å². The highest BCUT2D eigenvalue weighted by atomic mass is 32.2. The summed E-state index contributed by atoms with van der Waals surface area (Å²) in [5.74, 6) is -0.405. The van der Waals surface area contributed by atoms with E-state index in [0.29, 0.717) is 12.8 Å². The van der Waals surface area contributed by atoms with Gasteiger partial charge in [-0.05, 0) is 31.8 Å². The first-order valence-electron chi connectivity index (χ1n) is 5.99. The lowest BCUT2D eigenvalue weighted by molar-refractivity contribution is -0.147. The van der Waals surface area contributed by atoms with Crippen LogP contribution in [-0.2, 0) is 9.59 Å². The van der Waals surface area contributed by atoms with Gasteiger partial charge >= 0.3 is 5.97 Å². The highest BCUT2D eigenvalue weighted by molar-refractivity contribution is 7.98. The third-order valence-corrected chi connectivity index (χ3v) is 3.31. The van der Waals surface area contributed by atoms with Gasteiger partial charge in [-0.15, -0.1) is 0 Å². The van der Waals surface area contributed by atoms with Crippen molar-refractivity contribution in [2.45, 2.75) is 51.5 Å². The molecule has 2 N–H and O–H groups in total. The molecule has 4 nitrogen and oxygen atoms in total. The molecule has 0 aromatic rings. The molecule has 0 bridgehead atoms. The lowest BCUT2D eigenvalue weighted by Crippen LogP contribution is -2.52. The molecule has 0 saturated heterocycles. The fourth-order valence-corrected chi connectivity index (χ4v) is 2.05. The average Bonchev–Trinajstić information content (AvgIpc) is 2.26. The number of carbonyl (C=O) groups excluding carboxylic acids is 1. The molecule has 0 aromatic carbocycles. The number of nitrogens with one attached hydrogen (secondary N) is 1. The van der Waals surface area contributed by atoms with Crippen molar-refractivity contribution in [3.63, 3.8) is 0 Å². The second-order valence-corrected chi connectivity index (χ2v) is 5.37. The van der Waals surface area contributed by atoms with Gasteiger partial charge in [0.1, 0.15) is 5.54 Å². The van der Waals surface area contributed by atoms with E-state index in [1.807, 2.05) is 6.26 Å².